The average Bonchev–Trinajstić information content (AvgIpc) is 3.10. The van der Waals surface area contributed by atoms with E-state index >= 15 is 0 Å². The van der Waals surface area contributed by atoms with Crippen LogP contribution in [0.5, 0.6) is 0 Å². The summed E-state index contributed by atoms with van der Waals surface area (Å²) in [6, 6.07) is 33.6. The molecule has 6 aromatic carbocycles. The number of fused-ring (bicyclic) bond motifs is 2. The first-order valence-corrected chi connectivity index (χ1v) is 18.6. The van der Waals surface area contributed by atoms with E-state index in [1.807, 2.05) is 61.5 Å². The van der Waals surface area contributed by atoms with E-state index in [4.69, 9.17) is 5.73 Å². The Bertz CT molecular complexity index is 2720. The van der Waals surface area contributed by atoms with Gasteiger partial charge < -0.3 is 15.6 Å². The minimum absolute atomic E-state index is 0. The van der Waals surface area contributed by atoms with Gasteiger partial charge in [-0.05, 0) is 94.1 Å². The van der Waals surface area contributed by atoms with Gasteiger partial charge in [0.25, 0.3) is 10.1 Å². The predicted molar refractivity (Wildman–Crippen MR) is 202 cm³/mol. The Kier molecular flexibility index (Phi) is 10.4. The van der Waals surface area contributed by atoms with Crippen LogP contribution in [-0.4, -0.2) is 31.7 Å². The van der Waals surface area contributed by atoms with Gasteiger partial charge in [-0.1, -0.05) is 91.0 Å². The van der Waals surface area contributed by atoms with Gasteiger partial charge in [0.15, 0.2) is 0 Å². The molecule has 254 valence electrons. The second kappa shape index (κ2) is 14.6. The molecule has 0 saturated carbocycles. The van der Waals surface area contributed by atoms with Crippen molar-refractivity contribution < 1.29 is 55.5 Å². The molecule has 0 aromatic heterocycles. The standard InChI is InChI=1S/C40H31N3O6S2.Na/c1-25-24-30(14-21-35(25)41)38(28-10-17-31(18-11-28)42-36-22-15-26-6-2-4-8-33(26)39(36)50(44,45)46)29-12-19-32(20-13-29)43-37-23-16-27-7-3-5-9-34(27)40(37)51(47,48)49;/h2-24,42H,41H2,1H3,(H,44,45,46)(H,47,48,49);/q;+1/p-1. The van der Waals surface area contributed by atoms with Crippen LogP contribution in [0, 0.1) is 6.92 Å². The van der Waals surface area contributed by atoms with Gasteiger partial charge in [0.05, 0.1) is 22.0 Å². The maximum atomic E-state index is 12.5. The molecular weight excluding hydrogens is 706 g/mol. The van der Waals surface area contributed by atoms with Gasteiger partial charge in [-0.3, -0.25) is 4.55 Å². The summed E-state index contributed by atoms with van der Waals surface area (Å²) in [4.78, 5) is 3.98. The van der Waals surface area contributed by atoms with Crippen LogP contribution >= 0.6 is 0 Å². The van der Waals surface area contributed by atoms with Crippen LogP contribution in [0.4, 0.5) is 22.7 Å². The van der Waals surface area contributed by atoms with Crippen molar-refractivity contribution in [2.24, 2.45) is 4.99 Å². The zero-order chi connectivity index (χ0) is 35.9. The van der Waals surface area contributed by atoms with Crippen LogP contribution in [0.25, 0.3) is 27.1 Å². The smallest absolute Gasteiger partial charge is 0.744 e. The summed E-state index contributed by atoms with van der Waals surface area (Å²) in [7, 11) is -9.38. The van der Waals surface area contributed by atoms with Gasteiger partial charge in [0.2, 0.25) is 0 Å². The third-order valence-electron chi connectivity index (χ3n) is 8.66. The molecule has 6 aromatic rings. The number of hydrogen-bond acceptors (Lipinski definition) is 8. The molecule has 0 spiro atoms. The fourth-order valence-electron chi connectivity index (χ4n) is 6.25. The summed E-state index contributed by atoms with van der Waals surface area (Å²) in [5.41, 5.74) is 12.5. The van der Waals surface area contributed by atoms with E-state index in [0.717, 1.165) is 27.8 Å². The van der Waals surface area contributed by atoms with Gasteiger partial charge in [-0.25, -0.2) is 13.4 Å². The number of nitrogens with zero attached hydrogens (tertiary/aromatic N) is 1. The van der Waals surface area contributed by atoms with E-state index in [9.17, 15) is 25.9 Å². The van der Waals surface area contributed by atoms with E-state index in [1.165, 1.54) is 6.07 Å². The van der Waals surface area contributed by atoms with Gasteiger partial charge in [0.1, 0.15) is 15.0 Å². The molecule has 7 rings (SSSR count). The van der Waals surface area contributed by atoms with Gasteiger partial charge in [-0.2, -0.15) is 8.42 Å². The van der Waals surface area contributed by atoms with E-state index in [-0.39, 0.29) is 50.7 Å². The molecule has 9 nitrogen and oxygen atoms in total. The molecule has 4 N–H and O–H groups in total. The van der Waals surface area contributed by atoms with E-state index in [2.05, 4.69) is 10.3 Å². The maximum absolute atomic E-state index is 12.5. The summed E-state index contributed by atoms with van der Waals surface area (Å²) < 4.78 is 72.1. The van der Waals surface area contributed by atoms with Crippen molar-refractivity contribution in [3.8, 4) is 0 Å². The van der Waals surface area contributed by atoms with Crippen LogP contribution in [-0.2, 0) is 20.2 Å². The molecule has 12 heteroatoms. The number of benzene rings is 6. The van der Waals surface area contributed by atoms with Crippen molar-refractivity contribution in [2.45, 2.75) is 16.7 Å². The number of hydrogen-bond donors (Lipinski definition) is 3. The van der Waals surface area contributed by atoms with Crippen molar-refractivity contribution in [1.29, 1.82) is 0 Å². The van der Waals surface area contributed by atoms with Crippen LogP contribution in [0.15, 0.2) is 160 Å². The summed E-state index contributed by atoms with van der Waals surface area (Å²) in [5, 5.41) is 5.16. The van der Waals surface area contributed by atoms with Gasteiger partial charge >= 0.3 is 29.6 Å². The predicted octanol–water partition coefficient (Wildman–Crippen LogP) is 5.48. The Hall–Kier alpha value is -4.85. The molecule has 0 radical (unpaired) electrons. The molecule has 0 bridgehead atoms. The number of aliphatic imine (C=N–C) groups is 1. The maximum Gasteiger partial charge on any atom is 1.00 e. The Morgan fingerprint density at radius 1 is 0.712 bits per heavy atom. The SMILES string of the molecule is Cc1cc(C(=C2C=CC(=Nc3ccc4ccccc4c3S(=O)(=O)[O-])C=C2)c2ccc(Nc3ccc4ccccc4c3S(=O)(=O)O)cc2)ccc1N.[Na+]. The fourth-order valence-corrected chi connectivity index (χ4v) is 7.94. The normalized spacial score (nSPS) is 12.9. The monoisotopic (exact) mass is 735 g/mol. The van der Waals surface area contributed by atoms with E-state index in [0.29, 0.717) is 38.6 Å². The van der Waals surface area contributed by atoms with Gasteiger partial charge in [0, 0.05) is 22.1 Å². The van der Waals surface area contributed by atoms with Crippen LogP contribution in [0.2, 0.25) is 0 Å². The number of allylic oxidation sites excluding steroid dienone is 5. The van der Waals surface area contributed by atoms with Gasteiger partial charge in [-0.15, -0.1) is 0 Å². The van der Waals surface area contributed by atoms with E-state index < -0.39 is 20.2 Å². The first-order valence-electron chi connectivity index (χ1n) is 15.8. The van der Waals surface area contributed by atoms with Crippen LogP contribution in [0.1, 0.15) is 16.7 Å². The molecule has 0 aliphatic heterocycles. The molecule has 0 unspecified atom stereocenters. The van der Waals surface area contributed by atoms with Crippen molar-refractivity contribution in [1.82, 2.24) is 0 Å². The minimum Gasteiger partial charge on any atom is -0.744 e. The minimum atomic E-state index is -4.83. The summed E-state index contributed by atoms with van der Waals surface area (Å²) in [5.74, 6) is 0. The third kappa shape index (κ3) is 7.52. The third-order valence-corrected chi connectivity index (χ3v) is 10.5. The molecule has 0 saturated heterocycles. The zero-order valence-electron chi connectivity index (χ0n) is 28.1. The summed E-state index contributed by atoms with van der Waals surface area (Å²) in [6.45, 7) is 1.92. The Labute approximate surface area is 323 Å². The van der Waals surface area contributed by atoms with Crippen molar-refractivity contribution in [2.75, 3.05) is 11.1 Å². The van der Waals surface area contributed by atoms with Crippen LogP contribution in [0.3, 0.4) is 0 Å². The first kappa shape index (κ1) is 36.9. The number of nitrogens with one attached hydrogen (secondary N) is 1. The molecule has 0 amide bonds. The number of nitrogen functional groups attached to an aromatic ring is 1. The summed E-state index contributed by atoms with van der Waals surface area (Å²) in [6.07, 6.45) is 7.24. The number of aryl methyl sites for hydroxylation is 1. The second-order valence-corrected chi connectivity index (χ2v) is 14.7. The summed E-state index contributed by atoms with van der Waals surface area (Å²) >= 11 is 0. The van der Waals surface area contributed by atoms with Crippen molar-refractivity contribution in [3.63, 3.8) is 0 Å². The van der Waals surface area contributed by atoms with Crippen LogP contribution < -0.4 is 40.6 Å². The largest absolute Gasteiger partial charge is 1.00 e. The molecular formula is C40H30N3NaO6S2. The topological polar surface area (TPSA) is 162 Å². The molecule has 1 aliphatic rings. The number of anilines is 3. The van der Waals surface area contributed by atoms with E-state index in [1.54, 1.807) is 78.9 Å². The molecule has 52 heavy (non-hydrogen) atoms. The first-order chi connectivity index (χ1) is 24.4. The molecule has 1 aliphatic carbocycles. The number of nitrogens with two attached hydrogens (primary N) is 1. The Morgan fingerprint density at radius 2 is 1.29 bits per heavy atom. The zero-order valence-corrected chi connectivity index (χ0v) is 31.7. The average molecular weight is 736 g/mol. The Morgan fingerprint density at radius 3 is 1.88 bits per heavy atom. The number of rotatable bonds is 7. The quantitative estimate of drug-likeness (QED) is 0.110. The molecule has 0 heterocycles. The second-order valence-electron chi connectivity index (χ2n) is 12.0. The molecule has 0 fully saturated rings. The van der Waals surface area contributed by atoms with Crippen molar-refractivity contribution >= 4 is 75.8 Å². The molecule has 0 atom stereocenters. The van der Waals surface area contributed by atoms with Crippen molar-refractivity contribution in [3.05, 3.63) is 162 Å². The fraction of sp³-hybridized carbons (Fsp3) is 0.0250. The Balaban J connectivity index is 0.00000464.